The molecule has 0 radical (unpaired) electrons. The Labute approximate surface area is 72.5 Å². The summed E-state index contributed by atoms with van der Waals surface area (Å²) in [5, 5.41) is 17.7. The molecule has 0 aromatic heterocycles. The van der Waals surface area contributed by atoms with Crippen LogP contribution in [0.4, 0.5) is 0 Å². The van der Waals surface area contributed by atoms with E-state index in [0.717, 1.165) is 0 Å². The van der Waals surface area contributed by atoms with Gasteiger partial charge in [-0.2, -0.15) is 0 Å². The summed E-state index contributed by atoms with van der Waals surface area (Å²) in [5.74, 6) is -1.14. The van der Waals surface area contributed by atoms with Crippen molar-refractivity contribution < 1.29 is 15.1 Å². The summed E-state index contributed by atoms with van der Waals surface area (Å²) in [4.78, 5) is 11.1. The highest BCUT2D eigenvalue weighted by molar-refractivity contribution is 5.78. The number of nitrogens with one attached hydrogen (secondary N) is 1. The molecule has 3 N–H and O–H groups in total. The Kier molecular flexibility index (Phi) is 3.67. The van der Waals surface area contributed by atoms with Gasteiger partial charge in [0, 0.05) is 0 Å². The molecule has 0 aliphatic rings. The summed E-state index contributed by atoms with van der Waals surface area (Å²) >= 11 is 0. The van der Waals surface area contributed by atoms with E-state index in [1.54, 1.807) is 5.48 Å². The zero-order valence-corrected chi connectivity index (χ0v) is 7.96. The minimum absolute atomic E-state index is 0.360. The van der Waals surface area contributed by atoms with Crippen molar-refractivity contribution in [2.24, 2.45) is 11.3 Å². The van der Waals surface area contributed by atoms with Crippen LogP contribution in [0.15, 0.2) is 0 Å². The van der Waals surface area contributed by atoms with Crippen LogP contribution in [0.3, 0.4) is 0 Å². The van der Waals surface area contributed by atoms with E-state index in [4.69, 9.17) is 5.21 Å². The zero-order chi connectivity index (χ0) is 9.94. The van der Waals surface area contributed by atoms with Crippen molar-refractivity contribution >= 4 is 5.91 Å². The zero-order valence-electron chi connectivity index (χ0n) is 7.96. The van der Waals surface area contributed by atoms with Crippen molar-refractivity contribution in [1.82, 2.24) is 5.48 Å². The summed E-state index contributed by atoms with van der Waals surface area (Å²) in [6.45, 7) is 7.03. The molecule has 2 atom stereocenters. The second-order valence-corrected chi connectivity index (χ2v) is 4.06. The van der Waals surface area contributed by atoms with E-state index in [0.29, 0.717) is 0 Å². The van der Waals surface area contributed by atoms with Gasteiger partial charge in [-0.05, 0) is 12.3 Å². The first-order chi connectivity index (χ1) is 5.30. The van der Waals surface area contributed by atoms with E-state index in [-0.39, 0.29) is 5.41 Å². The molecule has 72 valence electrons. The molecule has 0 saturated carbocycles. The Morgan fingerprint density at radius 1 is 1.42 bits per heavy atom. The minimum Gasteiger partial charge on any atom is -0.393 e. The second kappa shape index (κ2) is 3.87. The lowest BCUT2D eigenvalue weighted by Crippen LogP contribution is -2.42. The molecule has 4 nitrogen and oxygen atoms in total. The fourth-order valence-electron chi connectivity index (χ4n) is 1.41. The van der Waals surface area contributed by atoms with Crippen molar-refractivity contribution in [3.63, 3.8) is 0 Å². The van der Waals surface area contributed by atoms with Gasteiger partial charge >= 0.3 is 0 Å². The summed E-state index contributed by atoms with van der Waals surface area (Å²) in [7, 11) is 0. The Morgan fingerprint density at radius 3 is 1.92 bits per heavy atom. The number of carbonyl (C=O) groups excluding carboxylic acids is 1. The summed E-state index contributed by atoms with van der Waals surface area (Å²) in [6.07, 6.45) is -0.767. The lowest BCUT2D eigenvalue weighted by atomic mass is 9.77. The fourth-order valence-corrected chi connectivity index (χ4v) is 1.41. The van der Waals surface area contributed by atoms with Crippen LogP contribution in [0.25, 0.3) is 0 Å². The topological polar surface area (TPSA) is 69.6 Å². The predicted octanol–water partition coefficient (Wildman–Crippen LogP) is 0.535. The first kappa shape index (κ1) is 11.4. The number of carbonyl (C=O) groups is 1. The van der Waals surface area contributed by atoms with E-state index in [2.05, 4.69) is 0 Å². The van der Waals surface area contributed by atoms with Crippen LogP contribution in [0.2, 0.25) is 0 Å². The van der Waals surface area contributed by atoms with E-state index in [1.807, 2.05) is 20.8 Å². The van der Waals surface area contributed by atoms with Gasteiger partial charge < -0.3 is 5.11 Å². The fraction of sp³-hybridized carbons (Fsp3) is 0.875. The lowest BCUT2D eigenvalue weighted by Gasteiger charge is -2.30. The van der Waals surface area contributed by atoms with Crippen molar-refractivity contribution in [3.05, 3.63) is 0 Å². The monoisotopic (exact) mass is 175 g/mol. The Hall–Kier alpha value is -0.610. The third kappa shape index (κ3) is 2.79. The predicted molar refractivity (Wildman–Crippen MR) is 44.6 cm³/mol. The normalized spacial score (nSPS) is 16.8. The molecule has 0 spiro atoms. The molecule has 2 unspecified atom stereocenters. The Balaban J connectivity index is 4.56. The lowest BCUT2D eigenvalue weighted by molar-refractivity contribution is -0.141. The maximum Gasteiger partial charge on any atom is 0.249 e. The number of hydrogen-bond acceptors (Lipinski definition) is 3. The van der Waals surface area contributed by atoms with Gasteiger partial charge in [-0.1, -0.05) is 20.8 Å². The van der Waals surface area contributed by atoms with Crippen LogP contribution in [0.5, 0.6) is 0 Å². The quantitative estimate of drug-likeness (QED) is 0.423. The maximum absolute atomic E-state index is 11.1. The van der Waals surface area contributed by atoms with Crippen LogP contribution in [0, 0.1) is 11.3 Å². The van der Waals surface area contributed by atoms with Gasteiger partial charge in [0.25, 0.3) is 0 Å². The van der Waals surface area contributed by atoms with Gasteiger partial charge in [-0.3, -0.25) is 10.0 Å². The third-order valence-corrected chi connectivity index (χ3v) is 1.81. The highest BCUT2D eigenvalue weighted by Crippen LogP contribution is 2.28. The molecule has 0 aromatic carbocycles. The van der Waals surface area contributed by atoms with Gasteiger partial charge in [0.1, 0.15) is 0 Å². The van der Waals surface area contributed by atoms with Gasteiger partial charge in [-0.25, -0.2) is 5.48 Å². The van der Waals surface area contributed by atoms with Crippen LogP contribution in [-0.4, -0.2) is 22.3 Å². The maximum atomic E-state index is 11.1. The molecule has 1 amide bonds. The molecule has 0 aliphatic carbocycles. The van der Waals surface area contributed by atoms with Crippen molar-refractivity contribution in [3.8, 4) is 0 Å². The van der Waals surface area contributed by atoms with E-state index in [9.17, 15) is 9.90 Å². The average molecular weight is 175 g/mol. The van der Waals surface area contributed by atoms with Crippen LogP contribution < -0.4 is 5.48 Å². The van der Waals surface area contributed by atoms with Crippen molar-refractivity contribution in [2.75, 3.05) is 0 Å². The molecule has 12 heavy (non-hydrogen) atoms. The standard InChI is InChI=1S/C8H17NO3/c1-5(10)6(7(11)9-12)8(2,3)4/h5-6,10,12H,1-4H3,(H,9,11). The molecule has 0 rings (SSSR count). The Bertz CT molecular complexity index is 160. The number of rotatable bonds is 2. The molecule has 4 heteroatoms. The third-order valence-electron chi connectivity index (χ3n) is 1.81. The molecule has 0 fully saturated rings. The SMILES string of the molecule is CC(O)C(C(=O)NO)C(C)(C)C. The van der Waals surface area contributed by atoms with Crippen LogP contribution in [-0.2, 0) is 4.79 Å². The van der Waals surface area contributed by atoms with E-state index in [1.165, 1.54) is 6.92 Å². The molecular weight excluding hydrogens is 158 g/mol. The average Bonchev–Trinajstić information content (AvgIpc) is 1.83. The second-order valence-electron chi connectivity index (χ2n) is 4.06. The molecule has 0 saturated heterocycles. The Morgan fingerprint density at radius 2 is 1.83 bits per heavy atom. The molecule has 0 aromatic rings. The number of amides is 1. The smallest absolute Gasteiger partial charge is 0.249 e. The van der Waals surface area contributed by atoms with Gasteiger partial charge in [0.2, 0.25) is 5.91 Å². The molecule has 0 aliphatic heterocycles. The van der Waals surface area contributed by atoms with Crippen LogP contribution in [0.1, 0.15) is 27.7 Å². The van der Waals surface area contributed by atoms with Gasteiger partial charge in [0.05, 0.1) is 12.0 Å². The highest BCUT2D eigenvalue weighted by atomic mass is 16.5. The number of aliphatic hydroxyl groups is 1. The number of hydroxylamine groups is 1. The van der Waals surface area contributed by atoms with Gasteiger partial charge in [-0.15, -0.1) is 0 Å². The summed E-state index contributed by atoms with van der Waals surface area (Å²) in [6, 6.07) is 0. The molecule has 0 bridgehead atoms. The molecular formula is C8H17NO3. The molecule has 0 heterocycles. The minimum atomic E-state index is -0.767. The van der Waals surface area contributed by atoms with E-state index >= 15 is 0 Å². The van der Waals surface area contributed by atoms with Crippen molar-refractivity contribution in [1.29, 1.82) is 0 Å². The summed E-state index contributed by atoms with van der Waals surface area (Å²) in [5.41, 5.74) is 1.19. The van der Waals surface area contributed by atoms with Crippen LogP contribution >= 0.6 is 0 Å². The van der Waals surface area contributed by atoms with Crippen molar-refractivity contribution in [2.45, 2.75) is 33.8 Å². The number of aliphatic hydroxyl groups excluding tert-OH is 1. The first-order valence-corrected chi connectivity index (χ1v) is 3.92. The highest BCUT2D eigenvalue weighted by Gasteiger charge is 2.34. The largest absolute Gasteiger partial charge is 0.393 e. The van der Waals surface area contributed by atoms with Gasteiger partial charge in [0.15, 0.2) is 0 Å². The number of hydrogen-bond donors (Lipinski definition) is 3. The summed E-state index contributed by atoms with van der Waals surface area (Å²) < 4.78 is 0. The van der Waals surface area contributed by atoms with E-state index < -0.39 is 17.9 Å². The first-order valence-electron chi connectivity index (χ1n) is 3.92.